The molecule has 0 atom stereocenters. The minimum absolute atomic E-state index is 0.953. The topological polar surface area (TPSA) is 0 Å². The molecule has 0 amide bonds. The summed E-state index contributed by atoms with van der Waals surface area (Å²) < 4.78 is 0. The molecule has 7 heavy (non-hydrogen) atoms. The zero-order valence-corrected chi connectivity index (χ0v) is 4.70. The lowest BCUT2D eigenvalue weighted by atomic mass is 10.1. The van der Waals surface area contributed by atoms with Gasteiger partial charge in [-0.15, -0.1) is 0 Å². The second-order valence-electron chi connectivity index (χ2n) is 2.63. The first kappa shape index (κ1) is 3.71. The summed E-state index contributed by atoms with van der Waals surface area (Å²) in [6.45, 7) is 2.32. The molecule has 0 saturated carbocycles. The Morgan fingerprint density at radius 2 is 1.86 bits per heavy atom. The van der Waals surface area contributed by atoms with Crippen LogP contribution in [-0.2, 0) is 0 Å². The highest BCUT2D eigenvalue weighted by Crippen LogP contribution is 2.50. The summed E-state index contributed by atoms with van der Waals surface area (Å²) in [6, 6.07) is 0. The van der Waals surface area contributed by atoms with Crippen LogP contribution >= 0.6 is 0 Å². The lowest BCUT2D eigenvalue weighted by Crippen LogP contribution is -1.80. The van der Waals surface area contributed by atoms with Gasteiger partial charge in [-0.1, -0.05) is 18.1 Å². The van der Waals surface area contributed by atoms with E-state index in [4.69, 9.17) is 0 Å². The van der Waals surface area contributed by atoms with Crippen molar-refractivity contribution in [2.45, 2.75) is 26.2 Å². The summed E-state index contributed by atoms with van der Waals surface area (Å²) in [5.41, 5.74) is 3.58. The molecular formula is C7H10. The van der Waals surface area contributed by atoms with Gasteiger partial charge in [0.1, 0.15) is 0 Å². The summed E-state index contributed by atoms with van der Waals surface area (Å²) >= 11 is 0. The van der Waals surface area contributed by atoms with Crippen molar-refractivity contribution in [2.24, 2.45) is 5.92 Å². The van der Waals surface area contributed by atoms with Crippen molar-refractivity contribution in [3.05, 3.63) is 11.1 Å². The molecule has 0 fully saturated rings. The molecule has 0 radical (unpaired) electrons. The maximum atomic E-state index is 2.32. The summed E-state index contributed by atoms with van der Waals surface area (Å²) in [4.78, 5) is 0. The van der Waals surface area contributed by atoms with Crippen molar-refractivity contribution < 1.29 is 0 Å². The number of rotatable bonds is 0. The van der Waals surface area contributed by atoms with E-state index < -0.39 is 0 Å². The number of hydrogen-bond acceptors (Lipinski definition) is 0. The van der Waals surface area contributed by atoms with Gasteiger partial charge in [0.05, 0.1) is 0 Å². The predicted molar refractivity (Wildman–Crippen MR) is 30.0 cm³/mol. The van der Waals surface area contributed by atoms with Gasteiger partial charge in [0.2, 0.25) is 0 Å². The smallest absolute Gasteiger partial charge is 0.00156 e. The lowest BCUT2D eigenvalue weighted by Gasteiger charge is -1.94. The summed E-state index contributed by atoms with van der Waals surface area (Å²) in [5.74, 6) is 0.953. The van der Waals surface area contributed by atoms with Crippen LogP contribution in [0.25, 0.3) is 0 Å². The van der Waals surface area contributed by atoms with E-state index in [1.165, 1.54) is 19.3 Å². The van der Waals surface area contributed by atoms with Crippen molar-refractivity contribution >= 4 is 0 Å². The molecule has 0 aliphatic heterocycles. The van der Waals surface area contributed by atoms with Gasteiger partial charge < -0.3 is 0 Å². The van der Waals surface area contributed by atoms with Crippen molar-refractivity contribution in [3.8, 4) is 0 Å². The number of hydrogen-bond donors (Lipinski definition) is 0. The molecule has 0 aromatic heterocycles. The molecule has 2 aliphatic carbocycles. The van der Waals surface area contributed by atoms with Gasteiger partial charge >= 0.3 is 0 Å². The number of allylic oxidation sites excluding steroid dienone is 2. The van der Waals surface area contributed by atoms with E-state index in [1.54, 1.807) is 11.1 Å². The SMILES string of the molecule is CC1C2=C1CCC2. The molecule has 0 spiro atoms. The molecule has 0 heteroatoms. The highest BCUT2D eigenvalue weighted by molar-refractivity contribution is 5.43. The molecule has 0 saturated heterocycles. The zero-order chi connectivity index (χ0) is 4.85. The van der Waals surface area contributed by atoms with Gasteiger partial charge in [-0.2, -0.15) is 0 Å². The standard InChI is InChI=1S/C7H10/c1-5-6-3-2-4-7(5)6/h5H,2-4H2,1H3. The molecular weight excluding hydrogens is 84.1 g/mol. The van der Waals surface area contributed by atoms with Crippen LogP contribution in [0.3, 0.4) is 0 Å². The summed E-state index contributed by atoms with van der Waals surface area (Å²) in [5, 5.41) is 0. The van der Waals surface area contributed by atoms with Crippen LogP contribution in [0.1, 0.15) is 26.2 Å². The van der Waals surface area contributed by atoms with E-state index in [1.807, 2.05) is 0 Å². The normalized spacial score (nSPS) is 28.7. The van der Waals surface area contributed by atoms with Crippen molar-refractivity contribution in [3.63, 3.8) is 0 Å². The van der Waals surface area contributed by atoms with Crippen molar-refractivity contribution in [1.82, 2.24) is 0 Å². The fourth-order valence-electron chi connectivity index (χ4n) is 1.69. The molecule has 0 heterocycles. The van der Waals surface area contributed by atoms with Gasteiger partial charge in [-0.3, -0.25) is 0 Å². The van der Waals surface area contributed by atoms with E-state index >= 15 is 0 Å². The third-order valence-electron chi connectivity index (χ3n) is 2.27. The fraction of sp³-hybridized carbons (Fsp3) is 0.714. The van der Waals surface area contributed by atoms with Gasteiger partial charge in [0, 0.05) is 0 Å². The van der Waals surface area contributed by atoms with Crippen LogP contribution in [0.2, 0.25) is 0 Å². The van der Waals surface area contributed by atoms with Crippen molar-refractivity contribution in [2.75, 3.05) is 0 Å². The molecule has 38 valence electrons. The third-order valence-corrected chi connectivity index (χ3v) is 2.27. The van der Waals surface area contributed by atoms with E-state index in [9.17, 15) is 0 Å². The molecule has 0 aromatic carbocycles. The van der Waals surface area contributed by atoms with E-state index in [-0.39, 0.29) is 0 Å². The first-order chi connectivity index (χ1) is 3.39. The van der Waals surface area contributed by atoms with Gasteiger partial charge in [0.15, 0.2) is 0 Å². The largest absolute Gasteiger partial charge is 0.0635 e. The predicted octanol–water partition coefficient (Wildman–Crippen LogP) is 2.12. The Kier molecular flexibility index (Phi) is 0.495. The van der Waals surface area contributed by atoms with Crippen LogP contribution < -0.4 is 0 Å². The molecule has 0 unspecified atom stereocenters. The molecule has 2 aliphatic rings. The summed E-state index contributed by atoms with van der Waals surface area (Å²) in [6.07, 6.45) is 4.31. The fourth-order valence-corrected chi connectivity index (χ4v) is 1.69. The Bertz CT molecular complexity index is 117. The third kappa shape index (κ3) is 0.324. The van der Waals surface area contributed by atoms with E-state index in [0.29, 0.717) is 0 Å². The lowest BCUT2D eigenvalue weighted by molar-refractivity contribution is 0.756. The van der Waals surface area contributed by atoms with Crippen LogP contribution in [0, 0.1) is 5.92 Å². The quantitative estimate of drug-likeness (QED) is 0.403. The van der Waals surface area contributed by atoms with Crippen LogP contribution in [-0.4, -0.2) is 0 Å². The Morgan fingerprint density at radius 1 is 1.29 bits per heavy atom. The Morgan fingerprint density at radius 3 is 2.14 bits per heavy atom. The maximum absolute atomic E-state index is 2.32. The zero-order valence-electron chi connectivity index (χ0n) is 4.70. The van der Waals surface area contributed by atoms with Crippen LogP contribution in [0.4, 0.5) is 0 Å². The molecule has 0 N–H and O–H groups in total. The first-order valence-corrected chi connectivity index (χ1v) is 3.11. The van der Waals surface area contributed by atoms with Gasteiger partial charge in [0.25, 0.3) is 0 Å². The first-order valence-electron chi connectivity index (χ1n) is 3.11. The maximum Gasteiger partial charge on any atom is -0.00156 e. The van der Waals surface area contributed by atoms with E-state index in [0.717, 1.165) is 5.92 Å². The minimum atomic E-state index is 0.953. The Balaban J connectivity index is 2.19. The van der Waals surface area contributed by atoms with Crippen LogP contribution in [0.5, 0.6) is 0 Å². The van der Waals surface area contributed by atoms with Crippen LogP contribution in [0.15, 0.2) is 11.1 Å². The molecule has 0 aromatic rings. The Labute approximate surface area is 44.2 Å². The van der Waals surface area contributed by atoms with Crippen molar-refractivity contribution in [1.29, 1.82) is 0 Å². The highest BCUT2D eigenvalue weighted by atomic mass is 14.4. The highest BCUT2D eigenvalue weighted by Gasteiger charge is 2.34. The molecule has 2 rings (SSSR count). The second-order valence-corrected chi connectivity index (χ2v) is 2.63. The average molecular weight is 94.2 g/mol. The Hall–Kier alpha value is -0.260. The van der Waals surface area contributed by atoms with Gasteiger partial charge in [-0.25, -0.2) is 0 Å². The summed E-state index contributed by atoms with van der Waals surface area (Å²) in [7, 11) is 0. The second kappa shape index (κ2) is 0.936. The van der Waals surface area contributed by atoms with Gasteiger partial charge in [-0.05, 0) is 25.2 Å². The monoisotopic (exact) mass is 94.1 g/mol. The minimum Gasteiger partial charge on any atom is -0.0635 e. The van der Waals surface area contributed by atoms with E-state index in [2.05, 4.69) is 6.92 Å². The molecule has 0 nitrogen and oxygen atoms in total. The average Bonchev–Trinajstić information content (AvgIpc) is 2.26. The molecule has 0 bridgehead atoms.